The molecule has 214 valence electrons. The zero-order chi connectivity index (χ0) is 28.1. The summed E-state index contributed by atoms with van der Waals surface area (Å²) < 4.78 is 22.5. The SMILES string of the molecule is C=S1(=O)C[C@@H](C)C/C=C\[C@@H](O)[C@@H]2CC[C@H]2CN2C[C@@]3(CCCc4cc(Cl)ccc43)COc3ccc(cc32)C(=O)N1. The predicted octanol–water partition coefficient (Wildman–Crippen LogP) is 5.16. The highest BCUT2D eigenvalue weighted by Gasteiger charge is 2.44. The first-order chi connectivity index (χ1) is 19.1. The van der Waals surface area contributed by atoms with Gasteiger partial charge in [-0.2, -0.15) is 0 Å². The Morgan fingerprint density at radius 1 is 1.23 bits per heavy atom. The lowest BCUT2D eigenvalue weighted by molar-refractivity contribution is 0.0456. The van der Waals surface area contributed by atoms with Crippen molar-refractivity contribution in [2.45, 2.75) is 57.0 Å². The highest BCUT2D eigenvalue weighted by Crippen LogP contribution is 2.46. The van der Waals surface area contributed by atoms with Gasteiger partial charge in [-0.3, -0.25) is 9.52 Å². The molecule has 0 aromatic heterocycles. The summed E-state index contributed by atoms with van der Waals surface area (Å²) in [6.45, 7) is 4.05. The third-order valence-corrected chi connectivity index (χ3v) is 11.3. The first kappa shape index (κ1) is 27.7. The Balaban J connectivity index is 1.42. The Morgan fingerprint density at radius 3 is 2.88 bits per heavy atom. The third-order valence-electron chi connectivity index (χ3n) is 9.37. The van der Waals surface area contributed by atoms with E-state index in [2.05, 4.69) is 27.6 Å². The molecule has 1 amide bonds. The highest BCUT2D eigenvalue weighted by molar-refractivity contribution is 7.99. The number of aliphatic hydroxyl groups excluding tert-OH is 1. The number of carbonyl (C=O) groups is 1. The average Bonchev–Trinajstić information content (AvgIpc) is 3.02. The van der Waals surface area contributed by atoms with Gasteiger partial charge in [0.05, 0.1) is 18.4 Å². The van der Waals surface area contributed by atoms with E-state index in [1.54, 1.807) is 6.07 Å². The molecule has 6 nitrogen and oxygen atoms in total. The molecule has 0 saturated heterocycles. The van der Waals surface area contributed by atoms with E-state index in [1.807, 2.05) is 37.3 Å². The Kier molecular flexibility index (Phi) is 7.43. The molecular formula is C32H39ClN2O4S. The topological polar surface area (TPSA) is 78.9 Å². The lowest BCUT2D eigenvalue weighted by Crippen LogP contribution is -2.49. The molecule has 6 atom stereocenters. The average molecular weight is 583 g/mol. The van der Waals surface area contributed by atoms with Crippen molar-refractivity contribution in [3.63, 3.8) is 0 Å². The van der Waals surface area contributed by atoms with Crippen molar-refractivity contribution in [3.8, 4) is 5.75 Å². The first-order valence-corrected chi connectivity index (χ1v) is 16.7. The molecule has 8 heteroatoms. The number of fused-ring (bicyclic) bond motifs is 4. The maximum absolute atomic E-state index is 13.3. The van der Waals surface area contributed by atoms with Gasteiger partial charge < -0.3 is 14.7 Å². The number of nitrogens with one attached hydrogen (secondary N) is 1. The Morgan fingerprint density at radius 2 is 2.08 bits per heavy atom. The summed E-state index contributed by atoms with van der Waals surface area (Å²) in [7, 11) is -2.83. The summed E-state index contributed by atoms with van der Waals surface area (Å²) in [6.07, 6.45) is 9.17. The number of hydrogen-bond acceptors (Lipinski definition) is 5. The normalized spacial score (nSPS) is 34.9. The number of aryl methyl sites for hydroxylation is 1. The monoisotopic (exact) mass is 582 g/mol. The van der Waals surface area contributed by atoms with E-state index in [9.17, 15) is 14.1 Å². The molecular weight excluding hydrogens is 544 g/mol. The molecule has 2 aliphatic carbocycles. The molecule has 1 saturated carbocycles. The van der Waals surface area contributed by atoms with Crippen LogP contribution in [0.15, 0.2) is 48.6 Å². The first-order valence-electron chi connectivity index (χ1n) is 14.4. The minimum atomic E-state index is -2.83. The van der Waals surface area contributed by atoms with Gasteiger partial charge in [-0.25, -0.2) is 4.21 Å². The van der Waals surface area contributed by atoms with E-state index in [0.717, 1.165) is 61.7 Å². The van der Waals surface area contributed by atoms with Crippen molar-refractivity contribution < 1.29 is 18.8 Å². The van der Waals surface area contributed by atoms with Crippen LogP contribution in [0, 0.1) is 17.8 Å². The van der Waals surface area contributed by atoms with Gasteiger partial charge in [0.25, 0.3) is 5.91 Å². The van der Waals surface area contributed by atoms with Gasteiger partial charge in [0.15, 0.2) is 0 Å². The van der Waals surface area contributed by atoms with Gasteiger partial charge in [0, 0.05) is 44.6 Å². The summed E-state index contributed by atoms with van der Waals surface area (Å²) in [4.78, 5) is 15.7. The lowest BCUT2D eigenvalue weighted by Gasteiger charge is -2.45. The molecule has 1 fully saturated rings. The Bertz CT molecular complexity index is 1440. The van der Waals surface area contributed by atoms with Crippen LogP contribution in [0.1, 0.15) is 60.5 Å². The number of ether oxygens (including phenoxy) is 1. The lowest BCUT2D eigenvalue weighted by atomic mass is 9.68. The van der Waals surface area contributed by atoms with Crippen LogP contribution in [-0.4, -0.2) is 52.6 Å². The van der Waals surface area contributed by atoms with Crippen LogP contribution in [0.25, 0.3) is 0 Å². The zero-order valence-corrected chi connectivity index (χ0v) is 24.7. The Hall–Kier alpha value is -2.48. The van der Waals surface area contributed by atoms with Gasteiger partial charge in [0.2, 0.25) is 0 Å². The predicted molar refractivity (Wildman–Crippen MR) is 163 cm³/mol. The number of carbonyl (C=O) groups excluding carboxylic acids is 1. The number of hydrogen-bond donors (Lipinski definition) is 2. The molecule has 4 aliphatic rings. The van der Waals surface area contributed by atoms with Crippen LogP contribution >= 0.6 is 11.6 Å². The molecule has 2 aromatic carbocycles. The van der Waals surface area contributed by atoms with Crippen molar-refractivity contribution in [2.24, 2.45) is 17.8 Å². The van der Waals surface area contributed by atoms with Gasteiger partial charge in [-0.05, 0) is 104 Å². The number of nitrogens with zero attached hydrogens (tertiary/aromatic N) is 1. The Labute approximate surface area is 242 Å². The summed E-state index contributed by atoms with van der Waals surface area (Å²) in [5.41, 5.74) is 3.68. The number of rotatable bonds is 0. The van der Waals surface area contributed by atoms with Gasteiger partial charge >= 0.3 is 0 Å². The summed E-state index contributed by atoms with van der Waals surface area (Å²) in [5.74, 6) is 5.07. The van der Waals surface area contributed by atoms with Crippen LogP contribution < -0.4 is 14.4 Å². The maximum atomic E-state index is 13.3. The molecule has 2 heterocycles. The molecule has 2 aromatic rings. The van der Waals surface area contributed by atoms with Crippen LogP contribution in [0.4, 0.5) is 5.69 Å². The zero-order valence-electron chi connectivity index (χ0n) is 23.1. The molecule has 2 aliphatic heterocycles. The second-order valence-electron chi connectivity index (χ2n) is 12.5. The fourth-order valence-corrected chi connectivity index (χ4v) is 8.99. The molecule has 1 spiro atoms. The van der Waals surface area contributed by atoms with Crippen molar-refractivity contribution >= 4 is 38.8 Å². The van der Waals surface area contributed by atoms with Crippen molar-refractivity contribution in [1.82, 2.24) is 4.72 Å². The van der Waals surface area contributed by atoms with E-state index in [4.69, 9.17) is 16.3 Å². The molecule has 6 rings (SSSR count). The number of aliphatic hydroxyl groups is 1. The quantitative estimate of drug-likeness (QED) is 0.331. The largest absolute Gasteiger partial charge is 0.490 e. The standard InChI is InChI=1S/C32H39ClN2O4S/c1-21-5-3-7-29(36)26-11-8-24(26)17-35-19-32(14-4-6-22-15-25(33)10-12-27(22)32)20-39-30-13-9-23(16-28(30)35)31(37)34-40(2,38)18-21/h3,7,9-10,12-13,15-16,21,24,26,29,36H,2,4-6,8,11,14,17-20H2,1H3,(H,34,37,38)/b7-3-/t21-,24-,26+,29+,32-,40?/m0/s1. The maximum Gasteiger partial charge on any atom is 0.262 e. The number of anilines is 1. The number of allylic oxidation sites excluding steroid dienone is 1. The van der Waals surface area contributed by atoms with Gasteiger partial charge in [-0.15, -0.1) is 0 Å². The second-order valence-corrected chi connectivity index (χ2v) is 15.1. The van der Waals surface area contributed by atoms with E-state index in [1.165, 1.54) is 11.1 Å². The summed E-state index contributed by atoms with van der Waals surface area (Å²) in [6, 6.07) is 11.7. The van der Waals surface area contributed by atoms with Gasteiger partial charge in [0.1, 0.15) is 5.75 Å². The van der Waals surface area contributed by atoms with Crippen LogP contribution in [0.3, 0.4) is 0 Å². The highest BCUT2D eigenvalue weighted by atomic mass is 35.5. The fourth-order valence-electron chi connectivity index (χ4n) is 7.20. The molecule has 1 unspecified atom stereocenters. The van der Waals surface area contributed by atoms with E-state index < -0.39 is 15.8 Å². The van der Waals surface area contributed by atoms with E-state index in [-0.39, 0.29) is 28.9 Å². The van der Waals surface area contributed by atoms with Crippen molar-refractivity contribution in [3.05, 3.63) is 70.3 Å². The van der Waals surface area contributed by atoms with Crippen LogP contribution in [0.2, 0.25) is 5.02 Å². The minimum Gasteiger partial charge on any atom is -0.490 e. The van der Waals surface area contributed by atoms with Gasteiger partial charge in [-0.1, -0.05) is 36.7 Å². The number of amides is 1. The van der Waals surface area contributed by atoms with Crippen LogP contribution in [-0.2, 0) is 21.5 Å². The summed E-state index contributed by atoms with van der Waals surface area (Å²) >= 11 is 6.39. The molecule has 40 heavy (non-hydrogen) atoms. The smallest absolute Gasteiger partial charge is 0.262 e. The molecule has 2 bridgehead atoms. The van der Waals surface area contributed by atoms with Crippen LogP contribution in [0.5, 0.6) is 5.75 Å². The molecule has 0 radical (unpaired) electrons. The molecule has 2 N–H and O–H groups in total. The fraction of sp³-hybridized carbons (Fsp3) is 0.500. The van der Waals surface area contributed by atoms with Crippen molar-refractivity contribution in [1.29, 1.82) is 0 Å². The van der Waals surface area contributed by atoms with Crippen molar-refractivity contribution in [2.75, 3.05) is 30.3 Å². The second kappa shape index (κ2) is 10.7. The minimum absolute atomic E-state index is 0.0548. The van der Waals surface area contributed by atoms with E-state index in [0.29, 0.717) is 24.5 Å². The third kappa shape index (κ3) is 5.40. The number of halogens is 1. The van der Waals surface area contributed by atoms with E-state index >= 15 is 0 Å². The summed E-state index contributed by atoms with van der Waals surface area (Å²) in [5, 5.41) is 11.8. The number of benzene rings is 2.